The van der Waals surface area contributed by atoms with Gasteiger partial charge in [-0.1, -0.05) is 6.07 Å². The number of rotatable bonds is 5. The number of halogens is 4. The number of ether oxygens (including phenoxy) is 1. The summed E-state index contributed by atoms with van der Waals surface area (Å²) in [6.07, 6.45) is -2.94. The van der Waals surface area contributed by atoms with Crippen LogP contribution in [0.25, 0.3) is 0 Å². The van der Waals surface area contributed by atoms with Gasteiger partial charge < -0.3 is 10.1 Å². The average molecular weight is 378 g/mol. The van der Waals surface area contributed by atoms with Gasteiger partial charge in [0.05, 0.1) is 11.6 Å². The van der Waals surface area contributed by atoms with Crippen molar-refractivity contribution in [2.45, 2.75) is 31.7 Å². The van der Waals surface area contributed by atoms with Crippen LogP contribution in [0, 0.1) is 17.1 Å². The van der Waals surface area contributed by atoms with Crippen molar-refractivity contribution in [3.8, 4) is 11.8 Å². The Labute approximate surface area is 152 Å². The van der Waals surface area contributed by atoms with E-state index in [4.69, 9.17) is 5.26 Å². The summed E-state index contributed by atoms with van der Waals surface area (Å²) in [7, 11) is 0. The van der Waals surface area contributed by atoms with E-state index in [9.17, 15) is 22.4 Å². The molecule has 140 valence electrons. The largest absolute Gasteiger partial charge is 0.573 e. The lowest BCUT2D eigenvalue weighted by atomic mass is 10.0. The molecular weight excluding hydrogens is 364 g/mol. The molecule has 1 aliphatic rings. The SMILES string of the molecule is N#Cc1ccc(C2CC2)c(CNC(=O)c2ccc(OC(F)(F)F)c(F)c2)c1. The number of carbonyl (C=O) groups is 1. The van der Waals surface area contributed by atoms with Gasteiger partial charge >= 0.3 is 6.36 Å². The highest BCUT2D eigenvalue weighted by Gasteiger charge is 2.32. The maximum atomic E-state index is 13.7. The van der Waals surface area contributed by atoms with Crippen molar-refractivity contribution >= 4 is 5.91 Å². The van der Waals surface area contributed by atoms with E-state index < -0.39 is 23.8 Å². The third-order valence-corrected chi connectivity index (χ3v) is 4.15. The van der Waals surface area contributed by atoms with E-state index in [-0.39, 0.29) is 12.1 Å². The molecule has 4 nitrogen and oxygen atoms in total. The Morgan fingerprint density at radius 1 is 1.22 bits per heavy atom. The van der Waals surface area contributed by atoms with Crippen LogP contribution in [-0.4, -0.2) is 12.3 Å². The molecule has 1 N–H and O–H groups in total. The fraction of sp³-hybridized carbons (Fsp3) is 0.263. The Hall–Kier alpha value is -3.08. The van der Waals surface area contributed by atoms with Crippen molar-refractivity contribution in [1.82, 2.24) is 5.32 Å². The topological polar surface area (TPSA) is 62.1 Å². The Balaban J connectivity index is 1.71. The molecule has 0 bridgehead atoms. The highest BCUT2D eigenvalue weighted by molar-refractivity contribution is 5.94. The van der Waals surface area contributed by atoms with Gasteiger partial charge in [-0.3, -0.25) is 4.79 Å². The van der Waals surface area contributed by atoms with Crippen LogP contribution in [0.5, 0.6) is 5.75 Å². The summed E-state index contributed by atoms with van der Waals surface area (Å²) in [6, 6.07) is 9.79. The maximum Gasteiger partial charge on any atom is 0.573 e. The van der Waals surface area contributed by atoms with Gasteiger partial charge in [-0.15, -0.1) is 13.2 Å². The number of amides is 1. The number of benzene rings is 2. The van der Waals surface area contributed by atoms with Crippen LogP contribution in [0.4, 0.5) is 17.6 Å². The molecule has 1 aliphatic carbocycles. The first-order valence-corrected chi connectivity index (χ1v) is 8.13. The first-order valence-electron chi connectivity index (χ1n) is 8.13. The monoisotopic (exact) mass is 378 g/mol. The predicted octanol–water partition coefficient (Wildman–Crippen LogP) is 4.40. The molecule has 0 unspecified atom stereocenters. The minimum absolute atomic E-state index is 0.128. The predicted molar refractivity (Wildman–Crippen MR) is 87.4 cm³/mol. The van der Waals surface area contributed by atoms with Gasteiger partial charge in [0.15, 0.2) is 11.6 Å². The molecule has 1 amide bonds. The normalized spacial score (nSPS) is 13.7. The van der Waals surface area contributed by atoms with Crippen LogP contribution in [0.3, 0.4) is 0 Å². The number of hydrogen-bond donors (Lipinski definition) is 1. The zero-order valence-corrected chi connectivity index (χ0v) is 13.9. The summed E-state index contributed by atoms with van der Waals surface area (Å²) in [5.74, 6) is -2.53. The Bertz CT molecular complexity index is 915. The number of carbonyl (C=O) groups excluding carboxylic acids is 1. The van der Waals surface area contributed by atoms with E-state index in [0.29, 0.717) is 17.5 Å². The van der Waals surface area contributed by atoms with E-state index in [1.54, 1.807) is 12.1 Å². The molecule has 1 fully saturated rings. The number of hydrogen-bond acceptors (Lipinski definition) is 3. The van der Waals surface area contributed by atoms with Crippen molar-refractivity contribution in [3.05, 3.63) is 64.5 Å². The third kappa shape index (κ3) is 4.76. The third-order valence-electron chi connectivity index (χ3n) is 4.15. The van der Waals surface area contributed by atoms with Crippen molar-refractivity contribution in [2.75, 3.05) is 0 Å². The molecule has 0 radical (unpaired) electrons. The zero-order valence-electron chi connectivity index (χ0n) is 13.9. The van der Waals surface area contributed by atoms with Gasteiger partial charge in [-0.05, 0) is 60.2 Å². The van der Waals surface area contributed by atoms with Gasteiger partial charge in [0, 0.05) is 12.1 Å². The van der Waals surface area contributed by atoms with Crippen molar-refractivity contribution < 1.29 is 27.1 Å². The molecule has 1 saturated carbocycles. The fourth-order valence-corrected chi connectivity index (χ4v) is 2.75. The molecule has 3 rings (SSSR count). The van der Waals surface area contributed by atoms with E-state index >= 15 is 0 Å². The Morgan fingerprint density at radius 2 is 1.96 bits per heavy atom. The first kappa shape index (κ1) is 18.7. The van der Waals surface area contributed by atoms with Crippen LogP contribution < -0.4 is 10.1 Å². The van der Waals surface area contributed by atoms with Gasteiger partial charge in [0.25, 0.3) is 5.91 Å². The molecule has 2 aromatic rings. The smallest absolute Gasteiger partial charge is 0.403 e. The maximum absolute atomic E-state index is 13.7. The summed E-state index contributed by atoms with van der Waals surface area (Å²) in [6.45, 7) is 0.128. The van der Waals surface area contributed by atoms with E-state index in [1.165, 1.54) is 0 Å². The van der Waals surface area contributed by atoms with Crippen molar-refractivity contribution in [2.24, 2.45) is 0 Å². The van der Waals surface area contributed by atoms with Gasteiger partial charge in [0.2, 0.25) is 0 Å². The number of nitriles is 1. The highest BCUT2D eigenvalue weighted by Crippen LogP contribution is 2.41. The second kappa shape index (κ2) is 7.27. The number of nitrogens with zero attached hydrogens (tertiary/aromatic N) is 1. The van der Waals surface area contributed by atoms with Crippen LogP contribution in [0.15, 0.2) is 36.4 Å². The summed E-state index contributed by atoms with van der Waals surface area (Å²) < 4.78 is 53.8. The minimum atomic E-state index is -5.02. The van der Waals surface area contributed by atoms with Crippen LogP contribution >= 0.6 is 0 Å². The van der Waals surface area contributed by atoms with Gasteiger partial charge in [-0.25, -0.2) is 4.39 Å². The fourth-order valence-electron chi connectivity index (χ4n) is 2.75. The number of alkyl halides is 3. The van der Waals surface area contributed by atoms with Crippen molar-refractivity contribution in [3.63, 3.8) is 0 Å². The molecule has 0 heterocycles. The molecular formula is C19H14F4N2O2. The molecule has 27 heavy (non-hydrogen) atoms. The lowest BCUT2D eigenvalue weighted by Gasteiger charge is -2.12. The summed E-state index contributed by atoms with van der Waals surface area (Å²) in [5, 5.41) is 11.6. The lowest BCUT2D eigenvalue weighted by Crippen LogP contribution is -2.24. The first-order chi connectivity index (χ1) is 12.8. The second-order valence-electron chi connectivity index (χ2n) is 6.18. The molecule has 0 aliphatic heterocycles. The molecule has 0 atom stereocenters. The summed E-state index contributed by atoms with van der Waals surface area (Å²) in [4.78, 5) is 12.2. The van der Waals surface area contributed by atoms with E-state index in [2.05, 4.69) is 10.1 Å². The minimum Gasteiger partial charge on any atom is -0.403 e. The van der Waals surface area contributed by atoms with Crippen LogP contribution in [0.2, 0.25) is 0 Å². The van der Waals surface area contributed by atoms with Gasteiger partial charge in [0.1, 0.15) is 0 Å². The summed E-state index contributed by atoms with van der Waals surface area (Å²) >= 11 is 0. The quantitative estimate of drug-likeness (QED) is 0.785. The highest BCUT2D eigenvalue weighted by atomic mass is 19.4. The van der Waals surface area contributed by atoms with Crippen LogP contribution in [0.1, 0.15) is 45.8 Å². The second-order valence-corrected chi connectivity index (χ2v) is 6.18. The Morgan fingerprint density at radius 3 is 2.56 bits per heavy atom. The standard InChI is InChI=1S/C19H14F4N2O2/c20-16-8-13(4-6-17(16)27-19(21,22)23)18(26)25-10-14-7-11(9-24)1-5-15(14)12-2-3-12/h1,4-8,12H,2-3,10H2,(H,25,26). The molecule has 8 heteroatoms. The van der Waals surface area contributed by atoms with Crippen molar-refractivity contribution in [1.29, 1.82) is 5.26 Å². The molecule has 2 aromatic carbocycles. The lowest BCUT2D eigenvalue weighted by molar-refractivity contribution is -0.275. The van der Waals surface area contributed by atoms with E-state index in [1.807, 2.05) is 12.1 Å². The van der Waals surface area contributed by atoms with E-state index in [0.717, 1.165) is 36.1 Å². The molecule has 0 spiro atoms. The van der Waals surface area contributed by atoms with Gasteiger partial charge in [-0.2, -0.15) is 5.26 Å². The summed E-state index contributed by atoms with van der Waals surface area (Å²) in [5.41, 5.74) is 2.17. The number of nitrogens with one attached hydrogen (secondary N) is 1. The molecule has 0 aromatic heterocycles. The van der Waals surface area contributed by atoms with Crippen LogP contribution in [-0.2, 0) is 6.54 Å². The Kier molecular flexibility index (Phi) is 5.04. The zero-order chi connectivity index (χ0) is 19.6. The molecule has 0 saturated heterocycles. The average Bonchev–Trinajstić information content (AvgIpc) is 3.45.